The zero-order valence-electron chi connectivity index (χ0n) is 13.3. The van der Waals surface area contributed by atoms with Gasteiger partial charge in [-0.1, -0.05) is 19.9 Å². The SMILES string of the molecule is COC1=CC(=O)[C@]2(C)[C@H](C1=O)[C@H](C)[C@H]2c1ccc2c(c1)OCO2. The summed E-state index contributed by atoms with van der Waals surface area (Å²) in [6.45, 7) is 4.12. The van der Waals surface area contributed by atoms with Gasteiger partial charge >= 0.3 is 0 Å². The molecule has 0 amide bonds. The number of hydrogen-bond acceptors (Lipinski definition) is 5. The number of hydrogen-bond donors (Lipinski definition) is 0. The highest BCUT2D eigenvalue weighted by molar-refractivity contribution is 6.13. The maximum Gasteiger partial charge on any atom is 0.231 e. The van der Waals surface area contributed by atoms with Crippen molar-refractivity contribution in [2.75, 3.05) is 13.9 Å². The molecule has 0 N–H and O–H groups in total. The molecule has 0 bridgehead atoms. The number of rotatable bonds is 2. The van der Waals surface area contributed by atoms with E-state index in [1.165, 1.54) is 13.2 Å². The van der Waals surface area contributed by atoms with Gasteiger partial charge in [-0.15, -0.1) is 0 Å². The number of carbonyl (C=O) groups is 2. The second-order valence-electron chi connectivity index (χ2n) is 6.65. The fourth-order valence-electron chi connectivity index (χ4n) is 4.59. The molecule has 120 valence electrons. The average Bonchev–Trinajstić information content (AvgIpc) is 2.98. The standard InChI is InChI=1S/C18H18O5/c1-9-15(10-4-5-11-12(6-10)23-8-22-11)18(2)14(19)7-13(21-3)17(20)16(9)18/h4-7,9,15-16H,8H2,1-3H3/t9-,15+,16+,18+/m1/s1. The van der Waals surface area contributed by atoms with E-state index in [1.54, 1.807) is 0 Å². The van der Waals surface area contributed by atoms with Crippen molar-refractivity contribution in [1.82, 2.24) is 0 Å². The van der Waals surface area contributed by atoms with Crippen molar-refractivity contribution in [2.24, 2.45) is 17.3 Å². The van der Waals surface area contributed by atoms with Crippen LogP contribution in [0.4, 0.5) is 0 Å². The number of carbonyl (C=O) groups excluding carboxylic acids is 2. The van der Waals surface area contributed by atoms with E-state index < -0.39 is 5.41 Å². The number of Topliss-reactive ketones (excluding diaryl/α,β-unsaturated/α-hetero) is 1. The fourth-order valence-corrected chi connectivity index (χ4v) is 4.59. The number of methoxy groups -OCH3 is 1. The predicted molar refractivity (Wildman–Crippen MR) is 81.2 cm³/mol. The van der Waals surface area contributed by atoms with Crippen molar-refractivity contribution in [3.05, 3.63) is 35.6 Å². The van der Waals surface area contributed by atoms with Crippen molar-refractivity contribution < 1.29 is 23.8 Å². The van der Waals surface area contributed by atoms with Gasteiger partial charge in [0.2, 0.25) is 12.6 Å². The highest BCUT2D eigenvalue weighted by atomic mass is 16.7. The van der Waals surface area contributed by atoms with Gasteiger partial charge in [-0.05, 0) is 23.6 Å². The van der Waals surface area contributed by atoms with Crippen LogP contribution in [0.2, 0.25) is 0 Å². The summed E-state index contributed by atoms with van der Waals surface area (Å²) in [6.07, 6.45) is 1.35. The van der Waals surface area contributed by atoms with Crippen LogP contribution in [-0.2, 0) is 14.3 Å². The minimum Gasteiger partial charge on any atom is -0.493 e. The summed E-state index contributed by atoms with van der Waals surface area (Å²) in [7, 11) is 1.43. The Morgan fingerprint density at radius 3 is 2.65 bits per heavy atom. The predicted octanol–water partition coefficient (Wildman–Crippen LogP) is 2.45. The first-order valence-electron chi connectivity index (χ1n) is 7.72. The number of benzene rings is 1. The third-order valence-corrected chi connectivity index (χ3v) is 5.64. The van der Waals surface area contributed by atoms with Crippen LogP contribution in [0.1, 0.15) is 25.3 Å². The Bertz CT molecular complexity index is 750. The molecule has 23 heavy (non-hydrogen) atoms. The van der Waals surface area contributed by atoms with Gasteiger partial charge in [0.25, 0.3) is 0 Å². The van der Waals surface area contributed by atoms with Crippen LogP contribution in [0.25, 0.3) is 0 Å². The van der Waals surface area contributed by atoms with E-state index in [4.69, 9.17) is 14.2 Å². The molecule has 4 rings (SSSR count). The zero-order valence-corrected chi connectivity index (χ0v) is 13.3. The topological polar surface area (TPSA) is 61.8 Å². The second kappa shape index (κ2) is 4.60. The van der Waals surface area contributed by atoms with Gasteiger partial charge in [-0.3, -0.25) is 9.59 Å². The smallest absolute Gasteiger partial charge is 0.231 e. The second-order valence-corrected chi connectivity index (χ2v) is 6.65. The molecule has 0 spiro atoms. The number of ether oxygens (including phenoxy) is 3. The van der Waals surface area contributed by atoms with Crippen LogP contribution in [-0.4, -0.2) is 25.5 Å². The minimum atomic E-state index is -0.716. The van der Waals surface area contributed by atoms with Crippen molar-refractivity contribution in [2.45, 2.75) is 19.8 Å². The van der Waals surface area contributed by atoms with E-state index in [0.29, 0.717) is 5.75 Å². The first-order chi connectivity index (χ1) is 11.0. The molecule has 1 fully saturated rings. The van der Waals surface area contributed by atoms with Gasteiger partial charge < -0.3 is 14.2 Å². The number of ketones is 2. The Labute approximate surface area is 134 Å². The van der Waals surface area contributed by atoms with E-state index in [2.05, 4.69) is 0 Å². The molecule has 1 saturated carbocycles. The maximum atomic E-state index is 12.7. The van der Waals surface area contributed by atoms with Gasteiger partial charge in [0, 0.05) is 23.3 Å². The molecule has 1 heterocycles. The van der Waals surface area contributed by atoms with Crippen LogP contribution in [0.3, 0.4) is 0 Å². The summed E-state index contributed by atoms with van der Waals surface area (Å²) in [5.74, 6) is 1.20. The Balaban J connectivity index is 1.76. The van der Waals surface area contributed by atoms with Crippen LogP contribution < -0.4 is 9.47 Å². The van der Waals surface area contributed by atoms with Crippen molar-refractivity contribution in [3.63, 3.8) is 0 Å². The molecule has 1 aromatic carbocycles. The van der Waals surface area contributed by atoms with Crippen molar-refractivity contribution >= 4 is 11.6 Å². The molecule has 0 saturated heterocycles. The minimum absolute atomic E-state index is 0.0203. The van der Waals surface area contributed by atoms with E-state index in [1.807, 2.05) is 32.0 Å². The molecule has 0 radical (unpaired) electrons. The maximum absolute atomic E-state index is 12.7. The molecule has 5 nitrogen and oxygen atoms in total. The third kappa shape index (κ3) is 1.68. The van der Waals surface area contributed by atoms with Crippen LogP contribution in [0.15, 0.2) is 30.0 Å². The van der Waals surface area contributed by atoms with Gasteiger partial charge in [0.1, 0.15) is 0 Å². The zero-order chi connectivity index (χ0) is 16.4. The van der Waals surface area contributed by atoms with Gasteiger partial charge in [0.15, 0.2) is 23.0 Å². The molecular formula is C18H18O5. The van der Waals surface area contributed by atoms with E-state index in [-0.39, 0.29) is 41.9 Å². The lowest BCUT2D eigenvalue weighted by atomic mass is 9.42. The summed E-state index contributed by atoms with van der Waals surface area (Å²) < 4.78 is 15.9. The highest BCUT2D eigenvalue weighted by Gasteiger charge is 2.66. The largest absolute Gasteiger partial charge is 0.493 e. The summed E-state index contributed by atoms with van der Waals surface area (Å²) in [4.78, 5) is 25.2. The Morgan fingerprint density at radius 2 is 1.91 bits per heavy atom. The lowest BCUT2D eigenvalue weighted by Gasteiger charge is -2.58. The summed E-state index contributed by atoms with van der Waals surface area (Å²) in [5.41, 5.74) is 0.294. The highest BCUT2D eigenvalue weighted by Crippen LogP contribution is 2.64. The molecule has 0 aromatic heterocycles. The first kappa shape index (κ1) is 14.3. The van der Waals surface area contributed by atoms with Gasteiger partial charge in [-0.2, -0.15) is 0 Å². The molecular weight excluding hydrogens is 296 g/mol. The molecule has 3 aliphatic rings. The summed E-state index contributed by atoms with van der Waals surface area (Å²) in [6, 6.07) is 5.76. The summed E-state index contributed by atoms with van der Waals surface area (Å²) >= 11 is 0. The van der Waals surface area contributed by atoms with Gasteiger partial charge in [-0.25, -0.2) is 0 Å². The van der Waals surface area contributed by atoms with E-state index in [0.717, 1.165) is 11.3 Å². The van der Waals surface area contributed by atoms with Crippen molar-refractivity contribution in [3.8, 4) is 11.5 Å². The van der Waals surface area contributed by atoms with E-state index >= 15 is 0 Å². The Kier molecular flexibility index (Phi) is 2.86. The molecule has 5 heteroatoms. The monoisotopic (exact) mass is 314 g/mol. The van der Waals surface area contributed by atoms with Crippen LogP contribution >= 0.6 is 0 Å². The molecule has 1 aromatic rings. The third-order valence-electron chi connectivity index (χ3n) is 5.64. The molecule has 0 unspecified atom stereocenters. The van der Waals surface area contributed by atoms with Gasteiger partial charge in [0.05, 0.1) is 7.11 Å². The lowest BCUT2D eigenvalue weighted by molar-refractivity contribution is -0.158. The first-order valence-corrected chi connectivity index (χ1v) is 7.72. The lowest BCUT2D eigenvalue weighted by Crippen LogP contribution is -2.61. The molecule has 4 atom stereocenters. The quantitative estimate of drug-likeness (QED) is 0.839. The Morgan fingerprint density at radius 1 is 1.17 bits per heavy atom. The molecule has 1 aliphatic heterocycles. The van der Waals surface area contributed by atoms with Crippen molar-refractivity contribution in [1.29, 1.82) is 0 Å². The number of allylic oxidation sites excluding steroid dienone is 2. The van der Waals surface area contributed by atoms with Crippen LogP contribution in [0, 0.1) is 17.3 Å². The fraction of sp³-hybridized carbons (Fsp3) is 0.444. The normalized spacial score (nSPS) is 34.6. The van der Waals surface area contributed by atoms with Crippen LogP contribution in [0.5, 0.6) is 11.5 Å². The Hall–Kier alpha value is -2.30. The van der Waals surface area contributed by atoms with E-state index in [9.17, 15) is 9.59 Å². The average molecular weight is 314 g/mol. The number of fused-ring (bicyclic) bond motifs is 2. The molecule has 2 aliphatic carbocycles. The summed E-state index contributed by atoms with van der Waals surface area (Å²) in [5, 5.41) is 0.